The maximum atomic E-state index is 10.8. The van der Waals surface area contributed by atoms with Crippen LogP contribution in [0.25, 0.3) is 0 Å². The van der Waals surface area contributed by atoms with Crippen LogP contribution in [0.15, 0.2) is 24.3 Å². The molecule has 2 N–H and O–H groups in total. The van der Waals surface area contributed by atoms with Gasteiger partial charge in [-0.05, 0) is 44.0 Å². The molecule has 0 aliphatic heterocycles. The fourth-order valence-corrected chi connectivity index (χ4v) is 2.84. The summed E-state index contributed by atoms with van der Waals surface area (Å²) in [6.45, 7) is 0.864. The Kier molecular flexibility index (Phi) is 3.69. The van der Waals surface area contributed by atoms with Crippen LogP contribution < -0.4 is 10.1 Å². The Hall–Kier alpha value is -1.06. The quantitative estimate of drug-likeness (QED) is 0.837. The van der Waals surface area contributed by atoms with Gasteiger partial charge < -0.3 is 15.2 Å². The normalized spacial score (nSPS) is 28.3. The maximum Gasteiger partial charge on any atom is 0.118 e. The second-order valence-electron chi connectivity index (χ2n) is 4.80. The predicted molar refractivity (Wildman–Crippen MR) is 68.2 cm³/mol. The first kappa shape index (κ1) is 12.4. The summed E-state index contributed by atoms with van der Waals surface area (Å²) < 4.78 is 5.15. The fraction of sp³-hybridized carbons (Fsp3) is 0.571. The van der Waals surface area contributed by atoms with E-state index in [2.05, 4.69) is 5.32 Å². The number of nitrogens with one attached hydrogen (secondary N) is 1. The van der Waals surface area contributed by atoms with Gasteiger partial charge >= 0.3 is 0 Å². The van der Waals surface area contributed by atoms with Crippen LogP contribution in [-0.4, -0.2) is 25.8 Å². The Balaban J connectivity index is 2.23. The highest BCUT2D eigenvalue weighted by Gasteiger charge is 2.41. The Morgan fingerprint density at radius 3 is 2.71 bits per heavy atom. The van der Waals surface area contributed by atoms with Crippen molar-refractivity contribution in [3.63, 3.8) is 0 Å². The van der Waals surface area contributed by atoms with E-state index in [1.165, 1.54) is 0 Å². The van der Waals surface area contributed by atoms with Crippen molar-refractivity contribution in [2.24, 2.45) is 5.92 Å². The highest BCUT2D eigenvalue weighted by atomic mass is 16.5. The van der Waals surface area contributed by atoms with E-state index in [9.17, 15) is 5.11 Å². The van der Waals surface area contributed by atoms with Crippen molar-refractivity contribution < 1.29 is 9.84 Å². The molecule has 0 heterocycles. The van der Waals surface area contributed by atoms with Crippen LogP contribution in [0.4, 0.5) is 0 Å². The van der Waals surface area contributed by atoms with Gasteiger partial charge in [-0.3, -0.25) is 0 Å². The van der Waals surface area contributed by atoms with Crippen molar-refractivity contribution in [3.8, 4) is 5.75 Å². The average Bonchev–Trinajstić information content (AvgIpc) is 2.73. The molecule has 1 aromatic carbocycles. The minimum Gasteiger partial charge on any atom is -0.497 e. The Morgan fingerprint density at radius 2 is 2.12 bits per heavy atom. The molecule has 0 aromatic heterocycles. The molecule has 2 rings (SSSR count). The molecule has 1 saturated carbocycles. The largest absolute Gasteiger partial charge is 0.497 e. The van der Waals surface area contributed by atoms with Crippen LogP contribution in [0, 0.1) is 5.92 Å². The van der Waals surface area contributed by atoms with Crippen LogP contribution in [0.1, 0.15) is 24.8 Å². The van der Waals surface area contributed by atoms with Gasteiger partial charge in [0.2, 0.25) is 0 Å². The molecule has 1 aromatic rings. The molecule has 1 aliphatic rings. The molecule has 3 nitrogen and oxygen atoms in total. The summed E-state index contributed by atoms with van der Waals surface area (Å²) >= 11 is 0. The van der Waals surface area contributed by atoms with Crippen molar-refractivity contribution in [3.05, 3.63) is 29.8 Å². The van der Waals surface area contributed by atoms with Crippen molar-refractivity contribution in [1.29, 1.82) is 0 Å². The zero-order valence-electron chi connectivity index (χ0n) is 10.6. The number of rotatable bonds is 4. The van der Waals surface area contributed by atoms with Gasteiger partial charge in [0.05, 0.1) is 12.7 Å². The van der Waals surface area contributed by atoms with Crippen LogP contribution in [-0.2, 0) is 5.60 Å². The van der Waals surface area contributed by atoms with Crippen LogP contribution >= 0.6 is 0 Å². The van der Waals surface area contributed by atoms with E-state index in [1.54, 1.807) is 7.11 Å². The Labute approximate surface area is 103 Å². The number of hydrogen-bond donors (Lipinski definition) is 2. The number of benzene rings is 1. The van der Waals surface area contributed by atoms with Gasteiger partial charge in [-0.25, -0.2) is 0 Å². The molecule has 17 heavy (non-hydrogen) atoms. The first-order chi connectivity index (χ1) is 8.20. The van der Waals surface area contributed by atoms with Crippen LogP contribution in [0.2, 0.25) is 0 Å². The zero-order chi connectivity index (χ0) is 12.3. The monoisotopic (exact) mass is 235 g/mol. The van der Waals surface area contributed by atoms with E-state index in [0.29, 0.717) is 5.92 Å². The molecule has 0 spiro atoms. The second kappa shape index (κ2) is 5.07. The number of aliphatic hydroxyl groups is 1. The standard InChI is InChI=1S/C14H21NO2/c1-15-10-12-4-3-9-14(12,16)11-5-7-13(17-2)8-6-11/h5-8,12,15-16H,3-4,9-10H2,1-2H3. The minimum absolute atomic E-state index is 0.306. The molecule has 0 saturated heterocycles. The third-order valence-corrected chi connectivity index (χ3v) is 3.83. The van der Waals surface area contributed by atoms with E-state index in [1.807, 2.05) is 31.3 Å². The lowest BCUT2D eigenvalue weighted by Gasteiger charge is -2.30. The molecule has 0 amide bonds. The molecular weight excluding hydrogens is 214 g/mol. The van der Waals surface area contributed by atoms with Gasteiger partial charge in [0.1, 0.15) is 5.75 Å². The molecule has 0 bridgehead atoms. The maximum absolute atomic E-state index is 10.8. The van der Waals surface area contributed by atoms with Gasteiger partial charge in [0.25, 0.3) is 0 Å². The minimum atomic E-state index is -0.671. The summed E-state index contributed by atoms with van der Waals surface area (Å²) in [5.41, 5.74) is 0.339. The van der Waals surface area contributed by atoms with Gasteiger partial charge in [-0.1, -0.05) is 12.1 Å². The highest BCUT2D eigenvalue weighted by Crippen LogP contribution is 2.43. The second-order valence-corrected chi connectivity index (χ2v) is 4.80. The van der Waals surface area contributed by atoms with Crippen molar-refractivity contribution in [2.75, 3.05) is 20.7 Å². The molecule has 3 heteroatoms. The molecule has 2 unspecified atom stereocenters. The number of hydrogen-bond acceptors (Lipinski definition) is 3. The third kappa shape index (κ3) is 2.31. The average molecular weight is 235 g/mol. The first-order valence-electron chi connectivity index (χ1n) is 6.22. The summed E-state index contributed by atoms with van der Waals surface area (Å²) in [6, 6.07) is 7.80. The van der Waals surface area contributed by atoms with Gasteiger partial charge in [-0.2, -0.15) is 0 Å². The molecule has 1 aliphatic carbocycles. The van der Waals surface area contributed by atoms with Gasteiger partial charge in [0, 0.05) is 12.5 Å². The molecular formula is C14H21NO2. The van der Waals surface area contributed by atoms with E-state index < -0.39 is 5.60 Å². The van der Waals surface area contributed by atoms with E-state index >= 15 is 0 Å². The number of ether oxygens (including phenoxy) is 1. The molecule has 1 fully saturated rings. The topological polar surface area (TPSA) is 41.5 Å². The van der Waals surface area contributed by atoms with E-state index in [-0.39, 0.29) is 0 Å². The highest BCUT2D eigenvalue weighted by molar-refractivity contribution is 5.32. The van der Waals surface area contributed by atoms with E-state index in [4.69, 9.17) is 4.74 Å². The Bertz CT molecular complexity index is 363. The third-order valence-electron chi connectivity index (χ3n) is 3.83. The lowest BCUT2D eigenvalue weighted by molar-refractivity contribution is -0.00151. The summed E-state index contributed by atoms with van der Waals surface area (Å²) in [5.74, 6) is 1.14. The van der Waals surface area contributed by atoms with Crippen molar-refractivity contribution in [1.82, 2.24) is 5.32 Å². The van der Waals surface area contributed by atoms with Crippen LogP contribution in [0.3, 0.4) is 0 Å². The molecule has 0 radical (unpaired) electrons. The fourth-order valence-electron chi connectivity index (χ4n) is 2.84. The Morgan fingerprint density at radius 1 is 1.41 bits per heavy atom. The zero-order valence-corrected chi connectivity index (χ0v) is 10.6. The van der Waals surface area contributed by atoms with Crippen molar-refractivity contribution in [2.45, 2.75) is 24.9 Å². The summed E-state index contributed by atoms with van der Waals surface area (Å²) in [7, 11) is 3.59. The smallest absolute Gasteiger partial charge is 0.118 e. The summed E-state index contributed by atoms with van der Waals surface area (Å²) in [5, 5.41) is 14.0. The lowest BCUT2D eigenvalue weighted by atomic mass is 9.84. The number of methoxy groups -OCH3 is 1. The summed E-state index contributed by atoms with van der Waals surface area (Å²) in [6.07, 6.45) is 3.03. The van der Waals surface area contributed by atoms with Crippen LogP contribution in [0.5, 0.6) is 5.75 Å². The predicted octanol–water partition coefficient (Wildman–Crippen LogP) is 1.90. The van der Waals surface area contributed by atoms with Gasteiger partial charge in [-0.15, -0.1) is 0 Å². The molecule has 2 atom stereocenters. The van der Waals surface area contributed by atoms with Crippen molar-refractivity contribution >= 4 is 0 Å². The SMILES string of the molecule is CNCC1CCCC1(O)c1ccc(OC)cc1. The lowest BCUT2D eigenvalue weighted by Crippen LogP contribution is -2.35. The van der Waals surface area contributed by atoms with E-state index in [0.717, 1.165) is 37.1 Å². The van der Waals surface area contributed by atoms with Gasteiger partial charge in [0.15, 0.2) is 0 Å². The first-order valence-corrected chi connectivity index (χ1v) is 6.22. The summed E-state index contributed by atoms with van der Waals surface area (Å²) in [4.78, 5) is 0. The molecule has 94 valence electrons.